The van der Waals surface area contributed by atoms with Gasteiger partial charge in [-0.15, -0.1) is 0 Å². The van der Waals surface area contributed by atoms with Gasteiger partial charge < -0.3 is 5.73 Å². The first-order valence-corrected chi connectivity index (χ1v) is 8.17. The summed E-state index contributed by atoms with van der Waals surface area (Å²) in [6.45, 7) is 4.01. The zero-order chi connectivity index (χ0) is 15.8. The predicted molar refractivity (Wildman–Crippen MR) is 78.3 cm³/mol. The van der Waals surface area contributed by atoms with Gasteiger partial charge in [0.2, 0.25) is 10.0 Å². The van der Waals surface area contributed by atoms with Gasteiger partial charge in [-0.05, 0) is 24.8 Å². The number of nitrogens with two attached hydrogens (primary N) is 1. The molecule has 21 heavy (non-hydrogen) atoms. The van der Waals surface area contributed by atoms with E-state index in [-0.39, 0.29) is 29.1 Å². The molecule has 0 bridgehead atoms. The van der Waals surface area contributed by atoms with Crippen LogP contribution in [-0.2, 0) is 10.0 Å². The summed E-state index contributed by atoms with van der Waals surface area (Å²) in [5.74, 6) is 0.131. The van der Waals surface area contributed by atoms with Crippen molar-refractivity contribution in [2.24, 2.45) is 11.7 Å². The largest absolute Gasteiger partial charge is 0.326 e. The van der Waals surface area contributed by atoms with E-state index in [2.05, 4.69) is 0 Å². The Hall–Kier alpha value is -1.51. The summed E-state index contributed by atoms with van der Waals surface area (Å²) >= 11 is 0. The van der Waals surface area contributed by atoms with E-state index in [1.807, 2.05) is 6.92 Å². The lowest BCUT2D eigenvalue weighted by Crippen LogP contribution is -2.48. The minimum atomic E-state index is -3.92. The predicted octanol–water partition coefficient (Wildman–Crippen LogP) is 1.26. The molecule has 116 valence electrons. The Balaban J connectivity index is 2.52. The van der Waals surface area contributed by atoms with Crippen molar-refractivity contribution in [1.82, 2.24) is 4.31 Å². The number of nitro groups is 1. The third-order valence-electron chi connectivity index (χ3n) is 3.64. The Labute approximate surface area is 123 Å². The molecule has 1 heterocycles. The number of rotatable bonds is 3. The van der Waals surface area contributed by atoms with E-state index in [0.29, 0.717) is 12.1 Å². The van der Waals surface area contributed by atoms with Crippen molar-refractivity contribution in [2.45, 2.75) is 31.2 Å². The standard InChI is InChI=1S/C13H19N3O4S/c1-9-6-11(14)8-15(7-9)21(19,20)13-10(2)4-3-5-12(13)16(17)18/h3-5,9,11H,6-8,14H2,1-2H3. The highest BCUT2D eigenvalue weighted by Crippen LogP contribution is 2.31. The molecule has 1 saturated heterocycles. The van der Waals surface area contributed by atoms with Crippen LogP contribution in [0.15, 0.2) is 23.1 Å². The fourth-order valence-corrected chi connectivity index (χ4v) is 4.77. The lowest BCUT2D eigenvalue weighted by molar-refractivity contribution is -0.387. The van der Waals surface area contributed by atoms with Crippen molar-refractivity contribution in [3.63, 3.8) is 0 Å². The second-order valence-electron chi connectivity index (χ2n) is 5.60. The first-order valence-electron chi connectivity index (χ1n) is 6.73. The highest BCUT2D eigenvalue weighted by Gasteiger charge is 2.36. The number of benzene rings is 1. The molecule has 1 aromatic rings. The van der Waals surface area contributed by atoms with Crippen LogP contribution in [0.2, 0.25) is 0 Å². The molecule has 1 aliphatic heterocycles. The number of sulfonamides is 1. The molecule has 2 unspecified atom stereocenters. The molecule has 0 aliphatic carbocycles. The Morgan fingerprint density at radius 2 is 2.05 bits per heavy atom. The Morgan fingerprint density at radius 1 is 1.38 bits per heavy atom. The molecule has 0 amide bonds. The summed E-state index contributed by atoms with van der Waals surface area (Å²) in [5, 5.41) is 11.1. The topological polar surface area (TPSA) is 107 Å². The summed E-state index contributed by atoms with van der Waals surface area (Å²) in [7, 11) is -3.92. The molecular formula is C13H19N3O4S. The minimum Gasteiger partial charge on any atom is -0.326 e. The highest BCUT2D eigenvalue weighted by atomic mass is 32.2. The van der Waals surface area contributed by atoms with Gasteiger partial charge in [-0.1, -0.05) is 19.1 Å². The maximum atomic E-state index is 12.8. The SMILES string of the molecule is Cc1cccc([N+](=O)[O-])c1S(=O)(=O)N1CC(C)CC(N)C1. The first-order chi connectivity index (χ1) is 9.73. The van der Waals surface area contributed by atoms with E-state index in [9.17, 15) is 18.5 Å². The van der Waals surface area contributed by atoms with E-state index < -0.39 is 14.9 Å². The van der Waals surface area contributed by atoms with E-state index >= 15 is 0 Å². The minimum absolute atomic E-state index is 0.131. The van der Waals surface area contributed by atoms with Crippen LogP contribution in [0.25, 0.3) is 0 Å². The highest BCUT2D eigenvalue weighted by molar-refractivity contribution is 7.89. The third kappa shape index (κ3) is 3.07. The maximum Gasteiger partial charge on any atom is 0.289 e. The van der Waals surface area contributed by atoms with E-state index in [1.54, 1.807) is 13.0 Å². The lowest BCUT2D eigenvalue weighted by atomic mass is 9.99. The summed E-state index contributed by atoms with van der Waals surface area (Å²) in [4.78, 5) is 10.2. The number of aryl methyl sites for hydroxylation is 1. The second kappa shape index (κ2) is 5.70. The molecule has 0 spiro atoms. The van der Waals surface area contributed by atoms with Crippen LogP contribution in [0.1, 0.15) is 18.9 Å². The van der Waals surface area contributed by atoms with Gasteiger partial charge in [0.1, 0.15) is 0 Å². The third-order valence-corrected chi connectivity index (χ3v) is 5.67. The zero-order valence-corrected chi connectivity index (χ0v) is 12.8. The molecule has 1 fully saturated rings. The molecule has 2 rings (SSSR count). The fourth-order valence-electron chi connectivity index (χ4n) is 2.79. The zero-order valence-electron chi connectivity index (χ0n) is 12.0. The van der Waals surface area contributed by atoms with Crippen molar-refractivity contribution in [3.05, 3.63) is 33.9 Å². The maximum absolute atomic E-state index is 12.8. The second-order valence-corrected chi connectivity index (χ2v) is 7.48. The molecule has 1 aromatic carbocycles. The van der Waals surface area contributed by atoms with Crippen LogP contribution < -0.4 is 5.73 Å². The Bertz CT molecular complexity index is 649. The Kier molecular flexibility index (Phi) is 4.31. The molecule has 1 aliphatic rings. The van der Waals surface area contributed by atoms with Gasteiger partial charge in [0.05, 0.1) is 4.92 Å². The summed E-state index contributed by atoms with van der Waals surface area (Å²) < 4.78 is 26.8. The van der Waals surface area contributed by atoms with Gasteiger partial charge in [0.15, 0.2) is 4.90 Å². The van der Waals surface area contributed by atoms with Gasteiger partial charge in [-0.2, -0.15) is 4.31 Å². The number of nitrogens with zero attached hydrogens (tertiary/aromatic N) is 2. The average Bonchev–Trinajstić information content (AvgIpc) is 2.36. The number of hydrogen-bond donors (Lipinski definition) is 1. The molecule has 2 atom stereocenters. The smallest absolute Gasteiger partial charge is 0.289 e. The van der Waals surface area contributed by atoms with Crippen LogP contribution in [0.5, 0.6) is 0 Å². The van der Waals surface area contributed by atoms with Crippen LogP contribution in [-0.4, -0.2) is 36.8 Å². The van der Waals surface area contributed by atoms with E-state index in [1.165, 1.54) is 16.4 Å². The molecule has 0 radical (unpaired) electrons. The number of nitro benzene ring substituents is 1. The molecule has 7 nitrogen and oxygen atoms in total. The summed E-state index contributed by atoms with van der Waals surface area (Å²) in [6.07, 6.45) is 0.752. The van der Waals surface area contributed by atoms with Crippen LogP contribution in [0.4, 0.5) is 5.69 Å². The van der Waals surface area contributed by atoms with Crippen molar-refractivity contribution in [1.29, 1.82) is 0 Å². The van der Waals surface area contributed by atoms with Crippen molar-refractivity contribution in [3.8, 4) is 0 Å². The summed E-state index contributed by atoms with van der Waals surface area (Å²) in [6, 6.07) is 4.02. The van der Waals surface area contributed by atoms with Gasteiger partial charge >= 0.3 is 0 Å². The van der Waals surface area contributed by atoms with Gasteiger partial charge in [0.25, 0.3) is 5.69 Å². The van der Waals surface area contributed by atoms with E-state index in [0.717, 1.165) is 6.42 Å². The fraction of sp³-hybridized carbons (Fsp3) is 0.538. The number of piperidine rings is 1. The monoisotopic (exact) mass is 313 g/mol. The van der Waals surface area contributed by atoms with Crippen LogP contribution >= 0.6 is 0 Å². The molecular weight excluding hydrogens is 294 g/mol. The first kappa shape index (κ1) is 15.9. The van der Waals surface area contributed by atoms with Crippen LogP contribution in [0, 0.1) is 23.0 Å². The number of hydrogen-bond acceptors (Lipinski definition) is 5. The molecule has 0 saturated carbocycles. The van der Waals surface area contributed by atoms with Gasteiger partial charge in [-0.3, -0.25) is 10.1 Å². The molecule has 0 aromatic heterocycles. The van der Waals surface area contributed by atoms with E-state index in [4.69, 9.17) is 5.73 Å². The lowest BCUT2D eigenvalue weighted by Gasteiger charge is -2.33. The van der Waals surface area contributed by atoms with Crippen molar-refractivity contribution < 1.29 is 13.3 Å². The van der Waals surface area contributed by atoms with Crippen molar-refractivity contribution >= 4 is 15.7 Å². The van der Waals surface area contributed by atoms with Crippen molar-refractivity contribution in [2.75, 3.05) is 13.1 Å². The molecule has 2 N–H and O–H groups in total. The average molecular weight is 313 g/mol. The summed E-state index contributed by atoms with van der Waals surface area (Å²) in [5.41, 5.74) is 5.87. The normalized spacial score (nSPS) is 24.0. The molecule has 8 heteroatoms. The quantitative estimate of drug-likeness (QED) is 0.668. The van der Waals surface area contributed by atoms with Gasteiger partial charge in [0, 0.05) is 25.2 Å². The van der Waals surface area contributed by atoms with Crippen LogP contribution in [0.3, 0.4) is 0 Å². The Morgan fingerprint density at radius 3 is 2.62 bits per heavy atom. The van der Waals surface area contributed by atoms with Gasteiger partial charge in [-0.25, -0.2) is 8.42 Å².